The molecule has 3 heteroatoms. The third-order valence-corrected chi connectivity index (χ3v) is 5.28. The number of hydrogen-bond acceptors (Lipinski definition) is 2. The first kappa shape index (κ1) is 14.8. The minimum Gasteiger partial charge on any atom is -0.353 e. The molecule has 0 heterocycles. The predicted octanol–water partition coefficient (Wildman–Crippen LogP) is 2.84. The van der Waals surface area contributed by atoms with Crippen LogP contribution in [-0.4, -0.2) is 18.5 Å². The van der Waals surface area contributed by atoms with Crippen LogP contribution in [0.15, 0.2) is 0 Å². The zero-order valence-corrected chi connectivity index (χ0v) is 12.4. The summed E-state index contributed by atoms with van der Waals surface area (Å²) >= 11 is 0. The van der Waals surface area contributed by atoms with Gasteiger partial charge in [-0.3, -0.25) is 4.79 Å². The second-order valence-corrected chi connectivity index (χ2v) is 6.58. The topological polar surface area (TPSA) is 55.1 Å². The SMILES string of the molecule is CC(NC(=O)C1CCCCC1CN)C1CCCCC1. The number of carbonyl (C=O) groups excluding carboxylic acids is 1. The standard InChI is InChI=1S/C16H30N2O/c1-12(13-7-3-2-4-8-13)18-16(19)15-10-6-5-9-14(15)11-17/h12-15H,2-11,17H2,1H3,(H,18,19). The fraction of sp³-hybridized carbons (Fsp3) is 0.938. The van der Waals surface area contributed by atoms with Crippen LogP contribution in [0.1, 0.15) is 64.7 Å². The van der Waals surface area contributed by atoms with Gasteiger partial charge in [0.05, 0.1) is 0 Å². The van der Waals surface area contributed by atoms with Crippen molar-refractivity contribution in [2.45, 2.75) is 70.8 Å². The molecule has 3 atom stereocenters. The van der Waals surface area contributed by atoms with Crippen LogP contribution in [0, 0.1) is 17.8 Å². The maximum atomic E-state index is 12.5. The quantitative estimate of drug-likeness (QED) is 0.822. The van der Waals surface area contributed by atoms with Crippen molar-refractivity contribution < 1.29 is 4.79 Å². The number of amides is 1. The third kappa shape index (κ3) is 3.95. The molecule has 110 valence electrons. The van der Waals surface area contributed by atoms with Crippen molar-refractivity contribution in [2.24, 2.45) is 23.5 Å². The zero-order chi connectivity index (χ0) is 13.7. The summed E-state index contributed by atoms with van der Waals surface area (Å²) in [7, 11) is 0. The number of carbonyl (C=O) groups is 1. The molecule has 0 bridgehead atoms. The van der Waals surface area contributed by atoms with E-state index in [4.69, 9.17) is 5.73 Å². The Balaban J connectivity index is 1.84. The minimum atomic E-state index is 0.171. The van der Waals surface area contributed by atoms with Crippen molar-refractivity contribution in [3.63, 3.8) is 0 Å². The van der Waals surface area contributed by atoms with E-state index in [9.17, 15) is 4.79 Å². The van der Waals surface area contributed by atoms with Crippen LogP contribution >= 0.6 is 0 Å². The highest BCUT2D eigenvalue weighted by atomic mass is 16.2. The van der Waals surface area contributed by atoms with Gasteiger partial charge in [-0.15, -0.1) is 0 Å². The molecule has 2 rings (SSSR count). The fourth-order valence-corrected chi connectivity index (χ4v) is 3.92. The van der Waals surface area contributed by atoms with Gasteiger partial charge in [-0.2, -0.15) is 0 Å². The molecule has 3 nitrogen and oxygen atoms in total. The molecule has 0 aromatic rings. The molecule has 0 spiro atoms. The summed E-state index contributed by atoms with van der Waals surface area (Å²) in [6, 6.07) is 0.341. The van der Waals surface area contributed by atoms with Gasteiger partial charge >= 0.3 is 0 Å². The molecule has 1 amide bonds. The first-order valence-electron chi connectivity index (χ1n) is 8.22. The van der Waals surface area contributed by atoms with Gasteiger partial charge in [-0.25, -0.2) is 0 Å². The van der Waals surface area contributed by atoms with Gasteiger partial charge in [-0.05, 0) is 51.0 Å². The molecule has 0 aromatic heterocycles. The summed E-state index contributed by atoms with van der Waals surface area (Å²) < 4.78 is 0. The van der Waals surface area contributed by atoms with Crippen molar-refractivity contribution in [2.75, 3.05) is 6.54 Å². The van der Waals surface area contributed by atoms with E-state index < -0.39 is 0 Å². The predicted molar refractivity (Wildman–Crippen MR) is 78.7 cm³/mol. The van der Waals surface area contributed by atoms with Crippen molar-refractivity contribution in [3.05, 3.63) is 0 Å². The molecule has 0 aliphatic heterocycles. The van der Waals surface area contributed by atoms with Gasteiger partial charge < -0.3 is 11.1 Å². The highest BCUT2D eigenvalue weighted by Gasteiger charge is 2.31. The average Bonchev–Trinajstić information content (AvgIpc) is 2.48. The van der Waals surface area contributed by atoms with Crippen molar-refractivity contribution >= 4 is 5.91 Å². The van der Waals surface area contributed by atoms with E-state index in [1.165, 1.54) is 44.9 Å². The Kier molecular flexibility index (Phi) is 5.68. The zero-order valence-electron chi connectivity index (χ0n) is 12.4. The number of nitrogens with one attached hydrogen (secondary N) is 1. The summed E-state index contributed by atoms with van der Waals surface area (Å²) in [6.07, 6.45) is 11.2. The fourth-order valence-electron chi connectivity index (χ4n) is 3.92. The number of nitrogens with two attached hydrogens (primary N) is 1. The number of rotatable bonds is 4. The Labute approximate surface area is 117 Å². The van der Waals surface area contributed by atoms with E-state index >= 15 is 0 Å². The lowest BCUT2D eigenvalue weighted by atomic mass is 9.78. The molecule has 2 fully saturated rings. The normalized spacial score (nSPS) is 30.8. The lowest BCUT2D eigenvalue weighted by molar-refractivity contribution is -0.128. The van der Waals surface area contributed by atoms with E-state index in [0.717, 1.165) is 12.8 Å². The van der Waals surface area contributed by atoms with Gasteiger partial charge in [0.25, 0.3) is 0 Å². The lowest BCUT2D eigenvalue weighted by Crippen LogP contribution is -2.45. The van der Waals surface area contributed by atoms with E-state index in [-0.39, 0.29) is 11.8 Å². The van der Waals surface area contributed by atoms with Gasteiger partial charge in [0.2, 0.25) is 5.91 Å². The molecule has 2 saturated carbocycles. The Morgan fingerprint density at radius 2 is 1.74 bits per heavy atom. The van der Waals surface area contributed by atoms with Crippen LogP contribution in [0.4, 0.5) is 0 Å². The Hall–Kier alpha value is -0.570. The third-order valence-electron chi connectivity index (χ3n) is 5.28. The lowest BCUT2D eigenvalue weighted by Gasteiger charge is -2.33. The van der Waals surface area contributed by atoms with Gasteiger partial charge in [0, 0.05) is 12.0 Å². The highest BCUT2D eigenvalue weighted by Crippen LogP contribution is 2.31. The Morgan fingerprint density at radius 3 is 2.42 bits per heavy atom. The Morgan fingerprint density at radius 1 is 1.11 bits per heavy atom. The smallest absolute Gasteiger partial charge is 0.223 e. The van der Waals surface area contributed by atoms with Crippen LogP contribution < -0.4 is 11.1 Å². The van der Waals surface area contributed by atoms with E-state index in [0.29, 0.717) is 24.4 Å². The van der Waals surface area contributed by atoms with Crippen LogP contribution in [0.2, 0.25) is 0 Å². The van der Waals surface area contributed by atoms with E-state index in [1.54, 1.807) is 0 Å². The summed E-state index contributed by atoms with van der Waals surface area (Å²) in [6.45, 7) is 2.85. The summed E-state index contributed by atoms with van der Waals surface area (Å²) in [5, 5.41) is 3.29. The van der Waals surface area contributed by atoms with Crippen LogP contribution in [0.25, 0.3) is 0 Å². The summed E-state index contributed by atoms with van der Waals surface area (Å²) in [5.74, 6) is 1.54. The van der Waals surface area contributed by atoms with Gasteiger partial charge in [0.15, 0.2) is 0 Å². The molecule has 2 aliphatic rings. The van der Waals surface area contributed by atoms with Crippen molar-refractivity contribution in [1.29, 1.82) is 0 Å². The molecule has 0 aromatic carbocycles. The first-order chi connectivity index (χ1) is 9.22. The largest absolute Gasteiger partial charge is 0.353 e. The monoisotopic (exact) mass is 266 g/mol. The minimum absolute atomic E-state index is 0.171. The van der Waals surface area contributed by atoms with Crippen molar-refractivity contribution in [3.8, 4) is 0 Å². The molecule has 3 unspecified atom stereocenters. The van der Waals surface area contributed by atoms with Crippen LogP contribution in [-0.2, 0) is 4.79 Å². The van der Waals surface area contributed by atoms with E-state index in [2.05, 4.69) is 12.2 Å². The molecule has 0 saturated heterocycles. The first-order valence-corrected chi connectivity index (χ1v) is 8.22. The molecule has 19 heavy (non-hydrogen) atoms. The maximum absolute atomic E-state index is 12.5. The van der Waals surface area contributed by atoms with Gasteiger partial charge in [-0.1, -0.05) is 32.1 Å². The summed E-state index contributed by atoms with van der Waals surface area (Å²) in [5.41, 5.74) is 5.83. The summed E-state index contributed by atoms with van der Waals surface area (Å²) in [4.78, 5) is 12.5. The number of hydrogen-bond donors (Lipinski definition) is 2. The molecular formula is C16H30N2O. The molecule has 2 aliphatic carbocycles. The molecule has 3 N–H and O–H groups in total. The van der Waals surface area contributed by atoms with E-state index in [1.807, 2.05) is 0 Å². The highest BCUT2D eigenvalue weighted by molar-refractivity contribution is 5.79. The molecular weight excluding hydrogens is 236 g/mol. The maximum Gasteiger partial charge on any atom is 0.223 e. The second kappa shape index (κ2) is 7.28. The van der Waals surface area contributed by atoms with Gasteiger partial charge in [0.1, 0.15) is 0 Å². The molecule has 0 radical (unpaired) electrons. The van der Waals surface area contributed by atoms with Crippen LogP contribution in [0.5, 0.6) is 0 Å². The average molecular weight is 266 g/mol. The Bertz CT molecular complexity index is 286. The van der Waals surface area contributed by atoms with Crippen molar-refractivity contribution in [1.82, 2.24) is 5.32 Å². The second-order valence-electron chi connectivity index (χ2n) is 6.58. The van der Waals surface area contributed by atoms with Crippen LogP contribution in [0.3, 0.4) is 0 Å².